The zero-order valence-corrected chi connectivity index (χ0v) is 22.0. The molecule has 1 saturated heterocycles. The summed E-state index contributed by atoms with van der Waals surface area (Å²) in [5.41, 5.74) is 2.28. The number of Topliss-reactive ketones (excluding diaryl/α,β-unsaturated/α-hetero) is 1. The van der Waals surface area contributed by atoms with E-state index in [1.807, 2.05) is 26.0 Å². The second kappa shape index (κ2) is 10.1. The number of hydrogen-bond acceptors (Lipinski definition) is 6. The Morgan fingerprint density at radius 1 is 0.944 bits per heavy atom. The quantitative estimate of drug-likeness (QED) is 0.327. The lowest BCUT2D eigenvalue weighted by molar-refractivity contribution is -0.128. The normalized spacial score (nSPS) is 30.7. The summed E-state index contributed by atoms with van der Waals surface area (Å²) < 4.78 is 31.0. The molecule has 3 fully saturated rings. The third-order valence-corrected chi connectivity index (χ3v) is 9.78. The van der Waals surface area contributed by atoms with E-state index in [4.69, 9.17) is 4.55 Å². The Hall–Kier alpha value is -2.55. The largest absolute Gasteiger partial charge is 0.411 e. The standard InChI is InChI=1S/C18H20N2O.C10H16O4S/c1-20-17(14-8-4-2-5-9-14)12-16(19-21)13-18(20)15-10-6-3-7-11-15;1-9(2)7-3-4-10(9,8(11)5-7)6-15(12,13)14/h2-11,17-18,21H,12-13H2,1H3;7H,3-6H2,1-2H3,(H,12,13,14)/t17-,18+;7-,10-/m.1/s1. The Labute approximate surface area is 214 Å². The summed E-state index contributed by atoms with van der Waals surface area (Å²) in [6, 6.07) is 21.4. The van der Waals surface area contributed by atoms with Crippen LogP contribution in [0.5, 0.6) is 0 Å². The van der Waals surface area contributed by atoms with Gasteiger partial charge in [-0.05, 0) is 42.3 Å². The molecule has 5 rings (SSSR count). The summed E-state index contributed by atoms with van der Waals surface area (Å²) in [5, 5.41) is 12.8. The monoisotopic (exact) mass is 512 g/mol. The fourth-order valence-electron chi connectivity index (χ4n) is 6.59. The third-order valence-electron chi connectivity index (χ3n) is 8.92. The van der Waals surface area contributed by atoms with E-state index < -0.39 is 21.3 Å². The van der Waals surface area contributed by atoms with Crippen molar-refractivity contribution in [3.63, 3.8) is 0 Å². The third kappa shape index (κ3) is 4.99. The Balaban J connectivity index is 0.000000179. The summed E-state index contributed by atoms with van der Waals surface area (Å²) in [7, 11) is -1.92. The van der Waals surface area contributed by atoms with Gasteiger partial charge in [0.25, 0.3) is 10.1 Å². The summed E-state index contributed by atoms with van der Waals surface area (Å²) in [6.45, 7) is 3.89. The second-order valence-corrected chi connectivity index (χ2v) is 12.4. The van der Waals surface area contributed by atoms with Gasteiger partial charge in [0.05, 0.1) is 16.9 Å². The molecule has 4 atom stereocenters. The molecule has 1 heterocycles. The first kappa shape index (κ1) is 26.5. The van der Waals surface area contributed by atoms with Gasteiger partial charge in [-0.25, -0.2) is 0 Å². The number of carbonyl (C=O) groups is 1. The number of nitrogens with zero attached hydrogens (tertiary/aromatic N) is 2. The van der Waals surface area contributed by atoms with E-state index in [2.05, 4.69) is 65.6 Å². The molecular formula is C28H36N2O5S. The van der Waals surface area contributed by atoms with Crippen molar-refractivity contribution in [1.29, 1.82) is 0 Å². The number of ketones is 1. The lowest BCUT2D eigenvalue weighted by Gasteiger charge is -2.40. The minimum atomic E-state index is -4.08. The highest BCUT2D eigenvalue weighted by molar-refractivity contribution is 7.85. The van der Waals surface area contributed by atoms with Crippen molar-refractivity contribution in [2.75, 3.05) is 12.8 Å². The molecule has 2 aliphatic carbocycles. The van der Waals surface area contributed by atoms with Gasteiger partial charge in [0, 0.05) is 31.3 Å². The van der Waals surface area contributed by atoms with E-state index in [-0.39, 0.29) is 29.2 Å². The summed E-state index contributed by atoms with van der Waals surface area (Å²) in [5.74, 6) is -0.101. The number of oxime groups is 1. The average molecular weight is 513 g/mol. The molecule has 0 unspecified atom stereocenters. The molecule has 36 heavy (non-hydrogen) atoms. The van der Waals surface area contributed by atoms with Crippen molar-refractivity contribution >= 4 is 21.6 Å². The summed E-state index contributed by atoms with van der Waals surface area (Å²) in [6.07, 6.45) is 3.53. The van der Waals surface area contributed by atoms with Crippen LogP contribution in [0.4, 0.5) is 0 Å². The van der Waals surface area contributed by atoms with Gasteiger partial charge in [-0.1, -0.05) is 79.7 Å². The molecule has 1 aliphatic heterocycles. The molecule has 2 bridgehead atoms. The zero-order valence-electron chi connectivity index (χ0n) is 21.2. The van der Waals surface area contributed by atoms with Gasteiger partial charge in [0.1, 0.15) is 5.78 Å². The van der Waals surface area contributed by atoms with Gasteiger partial charge in [0.15, 0.2) is 0 Å². The van der Waals surface area contributed by atoms with Crippen molar-refractivity contribution in [3.05, 3.63) is 71.8 Å². The molecule has 0 aromatic heterocycles. The highest BCUT2D eigenvalue weighted by atomic mass is 32.2. The molecule has 8 heteroatoms. The Bertz CT molecular complexity index is 1160. The smallest absolute Gasteiger partial charge is 0.265 e. The van der Waals surface area contributed by atoms with Crippen molar-refractivity contribution in [1.82, 2.24) is 4.90 Å². The van der Waals surface area contributed by atoms with Crippen LogP contribution in [0.3, 0.4) is 0 Å². The van der Waals surface area contributed by atoms with Crippen molar-refractivity contribution in [2.45, 2.75) is 58.0 Å². The summed E-state index contributed by atoms with van der Waals surface area (Å²) >= 11 is 0. The fraction of sp³-hybridized carbons (Fsp3) is 0.500. The van der Waals surface area contributed by atoms with E-state index >= 15 is 0 Å². The maximum absolute atomic E-state index is 11.9. The minimum absolute atomic E-state index is 0.0152. The molecule has 0 amide bonds. The van der Waals surface area contributed by atoms with Gasteiger partial charge in [0.2, 0.25) is 0 Å². The topological polar surface area (TPSA) is 107 Å². The van der Waals surface area contributed by atoms with E-state index in [0.717, 1.165) is 25.0 Å². The highest BCUT2D eigenvalue weighted by Gasteiger charge is 2.65. The van der Waals surface area contributed by atoms with Gasteiger partial charge >= 0.3 is 0 Å². The van der Waals surface area contributed by atoms with Gasteiger partial charge in [-0.2, -0.15) is 8.42 Å². The van der Waals surface area contributed by atoms with E-state index in [0.29, 0.717) is 12.8 Å². The first-order chi connectivity index (χ1) is 17.0. The Morgan fingerprint density at radius 3 is 1.81 bits per heavy atom. The van der Waals surface area contributed by atoms with Crippen LogP contribution in [0, 0.1) is 16.7 Å². The first-order valence-corrected chi connectivity index (χ1v) is 14.1. The predicted molar refractivity (Wildman–Crippen MR) is 140 cm³/mol. The van der Waals surface area contributed by atoms with E-state index in [1.54, 1.807) is 0 Å². The number of likely N-dealkylation sites (tertiary alicyclic amines) is 1. The molecule has 2 aromatic carbocycles. The molecule has 0 spiro atoms. The average Bonchev–Trinajstić information content (AvgIpc) is 3.19. The minimum Gasteiger partial charge on any atom is -0.411 e. The van der Waals surface area contributed by atoms with Crippen LogP contribution in [-0.4, -0.2) is 47.4 Å². The Morgan fingerprint density at radius 2 is 1.44 bits per heavy atom. The van der Waals surface area contributed by atoms with E-state index in [9.17, 15) is 18.4 Å². The number of carbonyl (C=O) groups excluding carboxylic acids is 1. The van der Waals surface area contributed by atoms with Gasteiger partial charge in [-0.15, -0.1) is 0 Å². The number of fused-ring (bicyclic) bond motifs is 2. The molecule has 7 nitrogen and oxygen atoms in total. The lowest BCUT2D eigenvalue weighted by Crippen LogP contribution is -2.42. The van der Waals surface area contributed by atoms with Crippen LogP contribution < -0.4 is 0 Å². The second-order valence-electron chi connectivity index (χ2n) is 11.0. The van der Waals surface area contributed by atoms with Crippen LogP contribution in [0.2, 0.25) is 0 Å². The first-order valence-electron chi connectivity index (χ1n) is 12.5. The van der Waals surface area contributed by atoms with Gasteiger partial charge < -0.3 is 5.21 Å². The van der Waals surface area contributed by atoms with Crippen molar-refractivity contribution in [2.24, 2.45) is 21.9 Å². The molecule has 194 valence electrons. The predicted octanol–water partition coefficient (Wildman–Crippen LogP) is 5.29. The highest BCUT2D eigenvalue weighted by Crippen LogP contribution is 2.64. The van der Waals surface area contributed by atoms with Crippen LogP contribution >= 0.6 is 0 Å². The Kier molecular flexibility index (Phi) is 7.42. The molecule has 0 radical (unpaired) electrons. The van der Waals surface area contributed by atoms with Crippen molar-refractivity contribution in [3.8, 4) is 0 Å². The number of piperidine rings is 1. The number of hydrogen-bond donors (Lipinski definition) is 2. The maximum Gasteiger partial charge on any atom is 0.265 e. The molecule has 2 aromatic rings. The SMILES string of the molecule is CC1(C)[C@@H]2CC[C@@]1(CS(=O)(=O)O)C(=O)C2.CN1[C@@H](c2ccccc2)CC(=NO)C[C@H]1c1ccccc1. The number of benzene rings is 2. The van der Waals surface area contributed by atoms with Crippen LogP contribution in [-0.2, 0) is 14.9 Å². The van der Waals surface area contributed by atoms with Crippen LogP contribution in [0.15, 0.2) is 65.8 Å². The molecule has 3 aliphatic rings. The molecule has 2 saturated carbocycles. The number of rotatable bonds is 4. The molecular weight excluding hydrogens is 476 g/mol. The molecule has 2 N–H and O–H groups in total. The van der Waals surface area contributed by atoms with Crippen LogP contribution in [0.1, 0.15) is 69.2 Å². The fourth-order valence-corrected chi connectivity index (χ4v) is 7.89. The maximum atomic E-state index is 11.9. The van der Waals surface area contributed by atoms with Crippen LogP contribution in [0.25, 0.3) is 0 Å². The summed E-state index contributed by atoms with van der Waals surface area (Å²) in [4.78, 5) is 14.3. The van der Waals surface area contributed by atoms with Crippen molar-refractivity contribution < 1.29 is 23.0 Å². The van der Waals surface area contributed by atoms with E-state index in [1.165, 1.54) is 11.1 Å². The lowest BCUT2D eigenvalue weighted by atomic mass is 9.70. The zero-order chi connectivity index (χ0) is 26.1. The van der Waals surface area contributed by atoms with Gasteiger partial charge in [-0.3, -0.25) is 14.2 Å².